The van der Waals surface area contributed by atoms with E-state index in [0.29, 0.717) is 0 Å². The number of anilines is 1. The standard InChI is InChI=1S/C26H28N2O2/c1-30-24-15-13-23(14-16-24)27-17-8-18-28(20-19-27)26(29)25(21-9-4-2-5-10-21)22-11-6-3-7-12-22/h2-7,9-16,25H,8,17-20H2,1H3. The molecule has 0 radical (unpaired) electrons. The summed E-state index contributed by atoms with van der Waals surface area (Å²) < 4.78 is 5.27. The molecule has 3 aromatic rings. The fourth-order valence-electron chi connectivity index (χ4n) is 4.14. The molecule has 4 heteroatoms. The normalized spacial score (nSPS) is 14.5. The molecule has 4 rings (SSSR count). The molecule has 154 valence electrons. The van der Waals surface area contributed by atoms with Crippen LogP contribution in [0.3, 0.4) is 0 Å². The van der Waals surface area contributed by atoms with Crippen molar-refractivity contribution in [1.82, 2.24) is 4.90 Å². The topological polar surface area (TPSA) is 32.8 Å². The number of ether oxygens (including phenoxy) is 1. The molecule has 30 heavy (non-hydrogen) atoms. The molecule has 0 saturated carbocycles. The summed E-state index contributed by atoms with van der Waals surface area (Å²) in [6, 6.07) is 28.4. The highest BCUT2D eigenvalue weighted by Crippen LogP contribution is 2.28. The van der Waals surface area contributed by atoms with Crippen molar-refractivity contribution in [1.29, 1.82) is 0 Å². The summed E-state index contributed by atoms with van der Waals surface area (Å²) in [5, 5.41) is 0. The fraction of sp³-hybridized carbons (Fsp3) is 0.269. The first kappa shape index (κ1) is 20.0. The third-order valence-corrected chi connectivity index (χ3v) is 5.76. The van der Waals surface area contributed by atoms with Crippen molar-refractivity contribution in [2.45, 2.75) is 12.3 Å². The molecule has 0 atom stereocenters. The van der Waals surface area contributed by atoms with Crippen molar-refractivity contribution in [3.05, 3.63) is 96.1 Å². The summed E-state index contributed by atoms with van der Waals surface area (Å²) in [4.78, 5) is 18.1. The van der Waals surface area contributed by atoms with Crippen LogP contribution in [0.5, 0.6) is 5.75 Å². The van der Waals surface area contributed by atoms with E-state index in [2.05, 4.69) is 41.3 Å². The quantitative estimate of drug-likeness (QED) is 0.629. The van der Waals surface area contributed by atoms with Gasteiger partial charge in [0, 0.05) is 31.9 Å². The molecule has 0 aromatic heterocycles. The molecule has 1 amide bonds. The van der Waals surface area contributed by atoms with E-state index in [1.54, 1.807) is 7.11 Å². The number of carbonyl (C=O) groups is 1. The Labute approximate surface area is 178 Å². The molecular formula is C26H28N2O2. The van der Waals surface area contributed by atoms with Gasteiger partial charge in [-0.15, -0.1) is 0 Å². The largest absolute Gasteiger partial charge is 0.497 e. The summed E-state index contributed by atoms with van der Waals surface area (Å²) in [5.74, 6) is 0.780. The number of rotatable bonds is 5. The molecule has 3 aromatic carbocycles. The Hall–Kier alpha value is -3.27. The second-order valence-electron chi connectivity index (χ2n) is 7.62. The Balaban J connectivity index is 1.52. The molecule has 0 unspecified atom stereocenters. The highest BCUT2D eigenvalue weighted by Gasteiger charge is 2.28. The number of methoxy groups -OCH3 is 1. The second kappa shape index (κ2) is 9.49. The van der Waals surface area contributed by atoms with Gasteiger partial charge in [0.05, 0.1) is 13.0 Å². The number of hydrogen-bond donors (Lipinski definition) is 0. The van der Waals surface area contributed by atoms with Crippen LogP contribution < -0.4 is 9.64 Å². The highest BCUT2D eigenvalue weighted by atomic mass is 16.5. The number of benzene rings is 3. The van der Waals surface area contributed by atoms with Crippen LogP contribution in [0, 0.1) is 0 Å². The maximum absolute atomic E-state index is 13.7. The molecule has 1 aliphatic rings. The van der Waals surface area contributed by atoms with Gasteiger partial charge >= 0.3 is 0 Å². The molecule has 1 heterocycles. The van der Waals surface area contributed by atoms with Gasteiger partial charge in [0.25, 0.3) is 0 Å². The number of hydrogen-bond acceptors (Lipinski definition) is 3. The highest BCUT2D eigenvalue weighted by molar-refractivity contribution is 5.87. The zero-order valence-electron chi connectivity index (χ0n) is 17.4. The number of amides is 1. The maximum atomic E-state index is 13.7. The van der Waals surface area contributed by atoms with Crippen molar-refractivity contribution < 1.29 is 9.53 Å². The Kier molecular flexibility index (Phi) is 6.33. The third kappa shape index (κ3) is 4.48. The van der Waals surface area contributed by atoms with Crippen LogP contribution in [0.2, 0.25) is 0 Å². The monoisotopic (exact) mass is 400 g/mol. The van der Waals surface area contributed by atoms with Gasteiger partial charge in [0.15, 0.2) is 0 Å². The molecule has 1 saturated heterocycles. The SMILES string of the molecule is COc1ccc(N2CCCN(C(=O)C(c3ccccc3)c3ccccc3)CC2)cc1. The van der Waals surface area contributed by atoms with E-state index in [1.165, 1.54) is 5.69 Å². The van der Waals surface area contributed by atoms with Gasteiger partial charge in [0.2, 0.25) is 5.91 Å². The van der Waals surface area contributed by atoms with E-state index in [9.17, 15) is 4.79 Å². The van der Waals surface area contributed by atoms with E-state index in [1.807, 2.05) is 53.4 Å². The predicted octanol–water partition coefficient (Wildman–Crippen LogP) is 4.57. The van der Waals surface area contributed by atoms with E-state index >= 15 is 0 Å². The van der Waals surface area contributed by atoms with Crippen molar-refractivity contribution in [3.63, 3.8) is 0 Å². The van der Waals surface area contributed by atoms with Crippen molar-refractivity contribution in [2.24, 2.45) is 0 Å². The van der Waals surface area contributed by atoms with E-state index < -0.39 is 0 Å². The second-order valence-corrected chi connectivity index (χ2v) is 7.62. The van der Waals surface area contributed by atoms with Crippen molar-refractivity contribution in [2.75, 3.05) is 38.2 Å². The maximum Gasteiger partial charge on any atom is 0.234 e. The van der Waals surface area contributed by atoms with Gasteiger partial charge < -0.3 is 14.5 Å². The van der Waals surface area contributed by atoms with Crippen LogP contribution in [-0.2, 0) is 4.79 Å². The lowest BCUT2D eigenvalue weighted by Crippen LogP contribution is -2.38. The first-order chi connectivity index (χ1) is 14.8. The van der Waals surface area contributed by atoms with Gasteiger partial charge in [-0.1, -0.05) is 60.7 Å². The number of nitrogens with zero attached hydrogens (tertiary/aromatic N) is 2. The molecular weight excluding hydrogens is 372 g/mol. The Bertz CT molecular complexity index is 902. The molecule has 0 aliphatic carbocycles. The molecule has 1 aliphatic heterocycles. The molecule has 0 bridgehead atoms. The summed E-state index contributed by atoms with van der Waals surface area (Å²) >= 11 is 0. The van der Waals surface area contributed by atoms with Gasteiger partial charge in [-0.05, 0) is 41.8 Å². The first-order valence-corrected chi connectivity index (χ1v) is 10.5. The van der Waals surface area contributed by atoms with E-state index in [-0.39, 0.29) is 11.8 Å². The average molecular weight is 401 g/mol. The molecule has 0 N–H and O–H groups in total. The summed E-state index contributed by atoms with van der Waals surface area (Å²) in [6.45, 7) is 3.27. The minimum absolute atomic E-state index is 0.184. The van der Waals surface area contributed by atoms with Gasteiger partial charge in [-0.2, -0.15) is 0 Å². The minimum Gasteiger partial charge on any atom is -0.497 e. The van der Waals surface area contributed by atoms with Gasteiger partial charge in [-0.25, -0.2) is 0 Å². The average Bonchev–Trinajstić information content (AvgIpc) is 3.07. The lowest BCUT2D eigenvalue weighted by atomic mass is 9.90. The Morgan fingerprint density at radius 3 is 1.93 bits per heavy atom. The summed E-state index contributed by atoms with van der Waals surface area (Å²) in [5.41, 5.74) is 3.27. The molecule has 0 spiro atoms. The lowest BCUT2D eigenvalue weighted by Gasteiger charge is -2.27. The van der Waals surface area contributed by atoms with Gasteiger partial charge in [0.1, 0.15) is 5.75 Å². The van der Waals surface area contributed by atoms with Crippen molar-refractivity contribution in [3.8, 4) is 5.75 Å². The Morgan fingerprint density at radius 2 is 1.37 bits per heavy atom. The van der Waals surface area contributed by atoms with Crippen LogP contribution >= 0.6 is 0 Å². The van der Waals surface area contributed by atoms with Gasteiger partial charge in [-0.3, -0.25) is 4.79 Å². The molecule has 4 nitrogen and oxygen atoms in total. The lowest BCUT2D eigenvalue weighted by molar-refractivity contribution is -0.131. The van der Waals surface area contributed by atoms with Crippen LogP contribution in [-0.4, -0.2) is 44.1 Å². The van der Waals surface area contributed by atoms with Crippen LogP contribution in [0.25, 0.3) is 0 Å². The zero-order chi connectivity index (χ0) is 20.8. The van der Waals surface area contributed by atoms with Crippen LogP contribution in [0.15, 0.2) is 84.9 Å². The number of carbonyl (C=O) groups excluding carboxylic acids is 1. The predicted molar refractivity (Wildman–Crippen MR) is 121 cm³/mol. The third-order valence-electron chi connectivity index (χ3n) is 5.76. The van der Waals surface area contributed by atoms with Crippen LogP contribution in [0.4, 0.5) is 5.69 Å². The first-order valence-electron chi connectivity index (χ1n) is 10.5. The summed E-state index contributed by atoms with van der Waals surface area (Å²) in [7, 11) is 1.68. The van der Waals surface area contributed by atoms with Crippen molar-refractivity contribution >= 4 is 11.6 Å². The Morgan fingerprint density at radius 1 is 0.767 bits per heavy atom. The smallest absolute Gasteiger partial charge is 0.234 e. The van der Waals surface area contributed by atoms with Crippen LogP contribution in [0.1, 0.15) is 23.5 Å². The zero-order valence-corrected chi connectivity index (χ0v) is 17.4. The minimum atomic E-state index is -0.264. The molecule has 1 fully saturated rings. The summed E-state index contributed by atoms with van der Waals surface area (Å²) in [6.07, 6.45) is 0.952. The van der Waals surface area contributed by atoms with E-state index in [4.69, 9.17) is 4.74 Å². The van der Waals surface area contributed by atoms with E-state index in [0.717, 1.165) is 49.5 Å². The fourth-order valence-corrected chi connectivity index (χ4v) is 4.14.